The Bertz CT molecular complexity index is 370. The fourth-order valence-corrected chi connectivity index (χ4v) is 1.45. The molecule has 2 atom stereocenters. The zero-order valence-electron chi connectivity index (χ0n) is 7.21. The van der Waals surface area contributed by atoms with E-state index in [9.17, 15) is 13.9 Å². The van der Waals surface area contributed by atoms with Crippen LogP contribution in [0.4, 0.5) is 8.78 Å². The molecule has 3 nitrogen and oxygen atoms in total. The summed E-state index contributed by atoms with van der Waals surface area (Å²) in [5.41, 5.74) is 5.54. The molecule has 0 aliphatic carbocycles. The van der Waals surface area contributed by atoms with Gasteiger partial charge in [-0.15, -0.1) is 0 Å². The van der Waals surface area contributed by atoms with Gasteiger partial charge in [0.15, 0.2) is 11.6 Å². The van der Waals surface area contributed by atoms with Crippen LogP contribution < -0.4 is 10.5 Å². The van der Waals surface area contributed by atoms with Gasteiger partial charge in [-0.3, -0.25) is 0 Å². The van der Waals surface area contributed by atoms with Crippen LogP contribution >= 0.6 is 0 Å². The number of rotatable bonds is 0. The molecule has 76 valence electrons. The maximum absolute atomic E-state index is 13.1. The molecule has 0 unspecified atom stereocenters. The minimum absolute atomic E-state index is 0.0245. The van der Waals surface area contributed by atoms with Gasteiger partial charge in [0.05, 0.1) is 6.04 Å². The Morgan fingerprint density at radius 3 is 2.86 bits per heavy atom. The lowest BCUT2D eigenvalue weighted by molar-refractivity contribution is 0.0880. The molecule has 1 aliphatic heterocycles. The van der Waals surface area contributed by atoms with Crippen molar-refractivity contribution in [3.8, 4) is 5.75 Å². The lowest BCUT2D eigenvalue weighted by atomic mass is 9.99. The minimum Gasteiger partial charge on any atom is -0.488 e. The van der Waals surface area contributed by atoms with Crippen LogP contribution in [0, 0.1) is 11.6 Å². The van der Waals surface area contributed by atoms with Crippen LogP contribution in [0.25, 0.3) is 0 Å². The molecule has 1 aliphatic rings. The molecule has 5 heteroatoms. The second-order valence-corrected chi connectivity index (χ2v) is 3.23. The van der Waals surface area contributed by atoms with E-state index in [1.165, 1.54) is 0 Å². The Labute approximate surface area is 79.1 Å². The molecule has 0 aromatic heterocycles. The highest BCUT2D eigenvalue weighted by molar-refractivity contribution is 5.39. The average molecular weight is 201 g/mol. The smallest absolute Gasteiger partial charge is 0.168 e. The SMILES string of the molecule is N[C@@H]1COc2c(F)cc(F)cc2[C@@H]1O. The molecular weight excluding hydrogens is 192 g/mol. The van der Waals surface area contributed by atoms with Crippen molar-refractivity contribution in [1.82, 2.24) is 0 Å². The first kappa shape index (κ1) is 9.36. The number of aliphatic hydroxyl groups is 1. The van der Waals surface area contributed by atoms with Gasteiger partial charge in [0.25, 0.3) is 0 Å². The van der Waals surface area contributed by atoms with Crippen LogP contribution in [0.5, 0.6) is 5.75 Å². The third-order valence-electron chi connectivity index (χ3n) is 2.18. The number of aliphatic hydroxyl groups excluding tert-OH is 1. The van der Waals surface area contributed by atoms with Gasteiger partial charge in [-0.1, -0.05) is 0 Å². The molecule has 0 amide bonds. The maximum Gasteiger partial charge on any atom is 0.168 e. The molecular formula is C9H9F2NO2. The summed E-state index contributed by atoms with van der Waals surface area (Å²) < 4.78 is 30.9. The molecule has 0 fully saturated rings. The quantitative estimate of drug-likeness (QED) is 0.650. The summed E-state index contributed by atoms with van der Waals surface area (Å²) in [6.45, 7) is 0.0245. The Balaban J connectivity index is 2.54. The van der Waals surface area contributed by atoms with Crippen molar-refractivity contribution in [2.45, 2.75) is 12.1 Å². The first-order chi connectivity index (χ1) is 6.59. The first-order valence-corrected chi connectivity index (χ1v) is 4.15. The van der Waals surface area contributed by atoms with Crippen LogP contribution in [0.3, 0.4) is 0 Å². The average Bonchev–Trinajstić information content (AvgIpc) is 2.12. The van der Waals surface area contributed by atoms with Gasteiger partial charge < -0.3 is 15.6 Å². The highest BCUT2D eigenvalue weighted by Crippen LogP contribution is 2.34. The van der Waals surface area contributed by atoms with Crippen molar-refractivity contribution in [2.75, 3.05) is 6.61 Å². The van der Waals surface area contributed by atoms with Crippen molar-refractivity contribution in [3.05, 3.63) is 29.3 Å². The Kier molecular flexibility index (Phi) is 2.13. The highest BCUT2D eigenvalue weighted by Gasteiger charge is 2.29. The van der Waals surface area contributed by atoms with E-state index in [4.69, 9.17) is 10.5 Å². The van der Waals surface area contributed by atoms with Crippen molar-refractivity contribution >= 4 is 0 Å². The second-order valence-electron chi connectivity index (χ2n) is 3.23. The minimum atomic E-state index is -1.08. The zero-order chi connectivity index (χ0) is 10.3. The monoisotopic (exact) mass is 201 g/mol. The lowest BCUT2D eigenvalue weighted by Crippen LogP contribution is -2.38. The van der Waals surface area contributed by atoms with Gasteiger partial charge in [0.2, 0.25) is 0 Å². The molecule has 1 aromatic rings. The van der Waals surface area contributed by atoms with Gasteiger partial charge in [-0.2, -0.15) is 0 Å². The van der Waals surface area contributed by atoms with Crippen molar-refractivity contribution < 1.29 is 18.6 Å². The fraction of sp³-hybridized carbons (Fsp3) is 0.333. The van der Waals surface area contributed by atoms with Gasteiger partial charge >= 0.3 is 0 Å². The Hall–Kier alpha value is -1.20. The molecule has 0 radical (unpaired) electrons. The summed E-state index contributed by atoms with van der Waals surface area (Å²) in [5, 5.41) is 9.54. The van der Waals surface area contributed by atoms with E-state index >= 15 is 0 Å². The molecule has 14 heavy (non-hydrogen) atoms. The zero-order valence-corrected chi connectivity index (χ0v) is 7.21. The summed E-state index contributed by atoms with van der Waals surface area (Å²) in [4.78, 5) is 0. The summed E-state index contributed by atoms with van der Waals surface area (Å²) in [6, 6.07) is 1.09. The summed E-state index contributed by atoms with van der Waals surface area (Å²) in [5.74, 6) is -1.68. The molecule has 1 aromatic carbocycles. The van der Waals surface area contributed by atoms with Crippen molar-refractivity contribution in [1.29, 1.82) is 0 Å². The summed E-state index contributed by atoms with van der Waals surface area (Å²) in [6.07, 6.45) is -1.08. The van der Waals surface area contributed by atoms with Gasteiger partial charge in [0, 0.05) is 11.6 Å². The van der Waals surface area contributed by atoms with E-state index in [2.05, 4.69) is 0 Å². The number of fused-ring (bicyclic) bond motifs is 1. The molecule has 0 spiro atoms. The Morgan fingerprint density at radius 1 is 1.43 bits per heavy atom. The molecule has 2 rings (SSSR count). The number of nitrogens with two attached hydrogens (primary N) is 1. The molecule has 0 saturated carbocycles. The largest absolute Gasteiger partial charge is 0.488 e. The number of ether oxygens (including phenoxy) is 1. The van der Waals surface area contributed by atoms with E-state index in [0.717, 1.165) is 6.07 Å². The van der Waals surface area contributed by atoms with E-state index in [-0.39, 0.29) is 17.9 Å². The maximum atomic E-state index is 13.1. The van der Waals surface area contributed by atoms with Gasteiger partial charge in [0.1, 0.15) is 18.5 Å². The fourth-order valence-electron chi connectivity index (χ4n) is 1.45. The number of hydrogen-bond donors (Lipinski definition) is 2. The lowest BCUT2D eigenvalue weighted by Gasteiger charge is -2.27. The van der Waals surface area contributed by atoms with Crippen molar-refractivity contribution in [3.63, 3.8) is 0 Å². The third kappa shape index (κ3) is 1.34. The predicted molar refractivity (Wildman–Crippen MR) is 44.8 cm³/mol. The summed E-state index contributed by atoms with van der Waals surface area (Å²) in [7, 11) is 0. The number of benzene rings is 1. The molecule has 0 saturated heterocycles. The normalized spacial score (nSPS) is 25.4. The van der Waals surface area contributed by atoms with E-state index in [0.29, 0.717) is 6.07 Å². The van der Waals surface area contributed by atoms with Crippen LogP contribution in [0.1, 0.15) is 11.7 Å². The van der Waals surface area contributed by atoms with Crippen LogP contribution in [0.15, 0.2) is 12.1 Å². The highest BCUT2D eigenvalue weighted by atomic mass is 19.1. The number of halogens is 2. The van der Waals surface area contributed by atoms with Gasteiger partial charge in [-0.05, 0) is 6.07 Å². The van der Waals surface area contributed by atoms with E-state index < -0.39 is 23.8 Å². The van der Waals surface area contributed by atoms with Crippen LogP contribution in [-0.4, -0.2) is 17.8 Å². The third-order valence-corrected chi connectivity index (χ3v) is 2.18. The molecule has 3 N–H and O–H groups in total. The standard InChI is InChI=1S/C9H9F2NO2/c10-4-1-5-8(13)7(12)3-14-9(5)6(11)2-4/h1-2,7-8,13H,3,12H2/t7-,8+/m1/s1. The number of hydrogen-bond acceptors (Lipinski definition) is 3. The van der Waals surface area contributed by atoms with E-state index in [1.807, 2.05) is 0 Å². The predicted octanol–water partition coefficient (Wildman–Crippen LogP) is 0.718. The van der Waals surface area contributed by atoms with E-state index in [1.54, 1.807) is 0 Å². The Morgan fingerprint density at radius 2 is 2.14 bits per heavy atom. The molecule has 1 heterocycles. The second kappa shape index (κ2) is 3.18. The topological polar surface area (TPSA) is 55.5 Å². The van der Waals surface area contributed by atoms with Gasteiger partial charge in [-0.25, -0.2) is 8.78 Å². The first-order valence-electron chi connectivity index (χ1n) is 4.15. The molecule has 0 bridgehead atoms. The summed E-state index contributed by atoms with van der Waals surface area (Å²) >= 11 is 0. The van der Waals surface area contributed by atoms with Crippen LogP contribution in [0.2, 0.25) is 0 Å². The van der Waals surface area contributed by atoms with Crippen LogP contribution in [-0.2, 0) is 0 Å². The van der Waals surface area contributed by atoms with Crippen molar-refractivity contribution in [2.24, 2.45) is 5.73 Å².